The molecule has 1 N–H and O–H groups in total. The summed E-state index contributed by atoms with van der Waals surface area (Å²) < 4.78 is 31.8. The number of rotatable bonds is 8. The van der Waals surface area contributed by atoms with Crippen LogP contribution >= 0.6 is 0 Å². The van der Waals surface area contributed by atoms with Gasteiger partial charge in [0.15, 0.2) is 0 Å². The number of unbranched alkanes of at least 4 members (excludes halogenated alkanes) is 1. The van der Waals surface area contributed by atoms with Crippen molar-refractivity contribution in [2.75, 3.05) is 12.9 Å². The lowest BCUT2D eigenvalue weighted by Crippen LogP contribution is -2.26. The predicted octanol–water partition coefficient (Wildman–Crippen LogP) is 3.35. The molecule has 4 nitrogen and oxygen atoms in total. The molecule has 0 saturated heterocycles. The van der Waals surface area contributed by atoms with Crippen LogP contribution in [0.3, 0.4) is 0 Å². The van der Waals surface area contributed by atoms with Crippen molar-refractivity contribution < 1.29 is 13.2 Å². The zero-order valence-corrected chi connectivity index (χ0v) is 14.5. The van der Waals surface area contributed by atoms with Crippen LogP contribution in [-0.2, 0) is 16.6 Å². The minimum Gasteiger partial charge on any atom is -0.496 e. The Labute approximate surface area is 129 Å². The number of ether oxygens (including phenoxy) is 1. The van der Waals surface area contributed by atoms with Crippen molar-refractivity contribution in [1.82, 2.24) is 4.72 Å². The third kappa shape index (κ3) is 5.32. The summed E-state index contributed by atoms with van der Waals surface area (Å²) in [6.45, 7) is 8.49. The van der Waals surface area contributed by atoms with Gasteiger partial charge in [-0.15, -0.1) is 0 Å². The standard InChI is InChI=1S/C16H27NO3S/c1-6-7-8-21(18,19)17-11-14-10-15(12(2)3)16(20-5)9-13(14)4/h9-10,12,17H,6-8,11H2,1-5H3. The number of nitrogens with one attached hydrogen (secondary N) is 1. The van der Waals surface area contributed by atoms with Gasteiger partial charge in [0.05, 0.1) is 12.9 Å². The number of hydrogen-bond acceptors (Lipinski definition) is 3. The number of benzene rings is 1. The molecule has 0 aliphatic rings. The smallest absolute Gasteiger partial charge is 0.211 e. The highest BCUT2D eigenvalue weighted by Gasteiger charge is 2.14. The van der Waals surface area contributed by atoms with E-state index in [1.54, 1.807) is 7.11 Å². The van der Waals surface area contributed by atoms with Crippen LogP contribution in [0.2, 0.25) is 0 Å². The number of hydrogen-bond donors (Lipinski definition) is 1. The predicted molar refractivity (Wildman–Crippen MR) is 87.4 cm³/mol. The highest BCUT2D eigenvalue weighted by molar-refractivity contribution is 7.89. The largest absolute Gasteiger partial charge is 0.496 e. The second-order valence-corrected chi connectivity index (χ2v) is 7.60. The molecule has 0 amide bonds. The summed E-state index contributed by atoms with van der Waals surface area (Å²) in [5, 5.41) is 0. The van der Waals surface area contributed by atoms with E-state index in [2.05, 4.69) is 18.6 Å². The van der Waals surface area contributed by atoms with E-state index in [9.17, 15) is 8.42 Å². The molecule has 0 radical (unpaired) electrons. The van der Waals surface area contributed by atoms with Gasteiger partial charge in [-0.3, -0.25) is 0 Å². The topological polar surface area (TPSA) is 55.4 Å². The summed E-state index contributed by atoms with van der Waals surface area (Å²) in [7, 11) is -1.53. The van der Waals surface area contributed by atoms with Crippen molar-refractivity contribution in [3.05, 3.63) is 28.8 Å². The van der Waals surface area contributed by atoms with Crippen LogP contribution in [-0.4, -0.2) is 21.3 Å². The second kappa shape index (κ2) is 7.80. The SMILES string of the molecule is CCCCS(=O)(=O)NCc1cc(C(C)C)c(OC)cc1C. The average molecular weight is 313 g/mol. The van der Waals surface area contributed by atoms with Crippen molar-refractivity contribution in [2.45, 2.75) is 53.0 Å². The van der Waals surface area contributed by atoms with E-state index in [0.29, 0.717) is 18.9 Å². The first-order valence-electron chi connectivity index (χ1n) is 7.45. The Morgan fingerprint density at radius 2 is 1.95 bits per heavy atom. The van der Waals surface area contributed by atoms with Crippen LogP contribution in [0.25, 0.3) is 0 Å². The Bertz CT molecular complexity index is 565. The lowest BCUT2D eigenvalue weighted by atomic mass is 9.96. The third-order valence-corrected chi connectivity index (χ3v) is 4.97. The Kier molecular flexibility index (Phi) is 6.68. The summed E-state index contributed by atoms with van der Waals surface area (Å²) in [5.74, 6) is 1.38. The molecule has 0 heterocycles. The van der Waals surface area contributed by atoms with Crippen LogP contribution in [0.4, 0.5) is 0 Å². The fourth-order valence-electron chi connectivity index (χ4n) is 2.16. The lowest BCUT2D eigenvalue weighted by Gasteiger charge is -2.16. The Hall–Kier alpha value is -1.07. The molecule has 1 rings (SSSR count). The quantitative estimate of drug-likeness (QED) is 0.801. The molecular weight excluding hydrogens is 286 g/mol. The van der Waals surface area contributed by atoms with Gasteiger partial charge in [-0.2, -0.15) is 0 Å². The molecule has 120 valence electrons. The molecule has 0 aromatic heterocycles. The number of sulfonamides is 1. The third-order valence-electron chi connectivity index (χ3n) is 3.56. The van der Waals surface area contributed by atoms with Gasteiger partial charge in [-0.25, -0.2) is 13.1 Å². The zero-order chi connectivity index (χ0) is 16.0. The Morgan fingerprint density at radius 3 is 2.48 bits per heavy atom. The molecule has 0 aliphatic carbocycles. The molecule has 1 aromatic rings. The molecule has 21 heavy (non-hydrogen) atoms. The molecular formula is C16H27NO3S. The summed E-state index contributed by atoms with van der Waals surface area (Å²) in [6, 6.07) is 4.02. The van der Waals surface area contributed by atoms with Crippen LogP contribution in [0.15, 0.2) is 12.1 Å². The van der Waals surface area contributed by atoms with Crippen LogP contribution in [0.1, 0.15) is 56.2 Å². The normalized spacial score (nSPS) is 11.9. The summed E-state index contributed by atoms with van der Waals surface area (Å²) >= 11 is 0. The van der Waals surface area contributed by atoms with Crippen molar-refractivity contribution in [2.24, 2.45) is 0 Å². The summed E-state index contributed by atoms with van der Waals surface area (Å²) in [5.41, 5.74) is 3.14. The molecule has 0 unspecified atom stereocenters. The maximum Gasteiger partial charge on any atom is 0.211 e. The number of aryl methyl sites for hydroxylation is 1. The van der Waals surface area contributed by atoms with Gasteiger partial charge < -0.3 is 4.74 Å². The molecule has 0 atom stereocenters. The molecule has 1 aromatic carbocycles. The molecule has 0 spiro atoms. The highest BCUT2D eigenvalue weighted by Crippen LogP contribution is 2.29. The van der Waals surface area contributed by atoms with Crippen molar-refractivity contribution in [3.8, 4) is 5.75 Å². The first-order valence-corrected chi connectivity index (χ1v) is 9.10. The summed E-state index contributed by atoms with van der Waals surface area (Å²) in [4.78, 5) is 0. The van der Waals surface area contributed by atoms with Gasteiger partial charge in [-0.05, 0) is 42.0 Å². The first-order chi connectivity index (χ1) is 9.80. The highest BCUT2D eigenvalue weighted by atomic mass is 32.2. The maximum absolute atomic E-state index is 11.9. The average Bonchev–Trinajstić information content (AvgIpc) is 2.43. The Balaban J connectivity index is 2.91. The van der Waals surface area contributed by atoms with Crippen LogP contribution < -0.4 is 9.46 Å². The fraction of sp³-hybridized carbons (Fsp3) is 0.625. The van der Waals surface area contributed by atoms with Crippen molar-refractivity contribution in [3.63, 3.8) is 0 Å². The van der Waals surface area contributed by atoms with Gasteiger partial charge in [0.25, 0.3) is 0 Å². The minimum atomic E-state index is -3.19. The second-order valence-electron chi connectivity index (χ2n) is 5.67. The van der Waals surface area contributed by atoms with E-state index in [-0.39, 0.29) is 5.75 Å². The van der Waals surface area contributed by atoms with Crippen LogP contribution in [0.5, 0.6) is 5.75 Å². The molecule has 5 heteroatoms. The molecule has 0 fully saturated rings. The lowest BCUT2D eigenvalue weighted by molar-refractivity contribution is 0.407. The van der Waals surface area contributed by atoms with Crippen LogP contribution in [0, 0.1) is 6.92 Å². The number of methoxy groups -OCH3 is 1. The zero-order valence-electron chi connectivity index (χ0n) is 13.7. The van der Waals surface area contributed by atoms with E-state index >= 15 is 0 Å². The maximum atomic E-state index is 11.9. The van der Waals surface area contributed by atoms with E-state index < -0.39 is 10.0 Å². The first kappa shape index (κ1) is 18.0. The fourth-order valence-corrected chi connectivity index (χ4v) is 3.35. The van der Waals surface area contributed by atoms with Gasteiger partial charge in [-0.1, -0.05) is 33.3 Å². The van der Waals surface area contributed by atoms with Gasteiger partial charge in [0, 0.05) is 6.54 Å². The molecule has 0 saturated carbocycles. The Morgan fingerprint density at radius 1 is 1.29 bits per heavy atom. The van der Waals surface area contributed by atoms with E-state index in [4.69, 9.17) is 4.74 Å². The monoisotopic (exact) mass is 313 g/mol. The van der Waals surface area contributed by atoms with E-state index in [1.807, 2.05) is 26.0 Å². The molecule has 0 aliphatic heterocycles. The van der Waals surface area contributed by atoms with E-state index in [1.165, 1.54) is 0 Å². The minimum absolute atomic E-state index is 0.190. The summed E-state index contributed by atoms with van der Waals surface area (Å²) in [6.07, 6.45) is 1.56. The van der Waals surface area contributed by atoms with Gasteiger partial charge in [0.1, 0.15) is 5.75 Å². The van der Waals surface area contributed by atoms with Gasteiger partial charge >= 0.3 is 0 Å². The van der Waals surface area contributed by atoms with Crippen molar-refractivity contribution >= 4 is 10.0 Å². The van der Waals surface area contributed by atoms with Gasteiger partial charge in [0.2, 0.25) is 10.0 Å². The van der Waals surface area contributed by atoms with Crippen molar-refractivity contribution in [1.29, 1.82) is 0 Å². The van der Waals surface area contributed by atoms with E-state index in [0.717, 1.165) is 28.9 Å². The molecule has 0 bridgehead atoms.